The predicted octanol–water partition coefficient (Wildman–Crippen LogP) is 5.82. The maximum Gasteiger partial charge on any atom is 0.305 e. The van der Waals surface area contributed by atoms with E-state index in [1.807, 2.05) is 19.0 Å². The van der Waals surface area contributed by atoms with Crippen molar-refractivity contribution in [1.29, 1.82) is 0 Å². The van der Waals surface area contributed by atoms with Gasteiger partial charge in [-0.3, -0.25) is 14.2 Å². The van der Waals surface area contributed by atoms with Crippen molar-refractivity contribution in [3.05, 3.63) is 12.5 Å². The van der Waals surface area contributed by atoms with Gasteiger partial charge in [0.2, 0.25) is 5.95 Å². The van der Waals surface area contributed by atoms with E-state index in [0.29, 0.717) is 30.0 Å². The van der Waals surface area contributed by atoms with E-state index in [1.54, 1.807) is 17.1 Å². The molecule has 0 aromatic carbocycles. The van der Waals surface area contributed by atoms with Crippen LogP contribution in [-0.4, -0.2) is 64.9 Å². The van der Waals surface area contributed by atoms with Gasteiger partial charge < -0.3 is 19.1 Å². The van der Waals surface area contributed by atoms with Gasteiger partial charge in [0.15, 0.2) is 5.65 Å². The van der Waals surface area contributed by atoms with Gasteiger partial charge in [-0.25, -0.2) is 9.97 Å². The highest BCUT2D eigenvalue weighted by Gasteiger charge is 2.17. The van der Waals surface area contributed by atoms with Gasteiger partial charge in [0.1, 0.15) is 31.6 Å². The van der Waals surface area contributed by atoms with E-state index in [-0.39, 0.29) is 31.9 Å². The molecule has 2 aromatic heterocycles. The zero-order valence-electron chi connectivity index (χ0n) is 24.5. The van der Waals surface area contributed by atoms with Crippen molar-refractivity contribution in [3.8, 4) is 0 Å². The smallest absolute Gasteiger partial charge is 0.305 e. The second kappa shape index (κ2) is 19.3. The molecule has 0 aliphatic carbocycles. The average molecular weight is 548 g/mol. The van der Waals surface area contributed by atoms with Crippen LogP contribution < -0.4 is 4.90 Å². The first-order chi connectivity index (χ1) is 18.9. The molecule has 0 saturated heterocycles. The molecule has 10 nitrogen and oxygen atoms in total. The van der Waals surface area contributed by atoms with E-state index in [1.165, 1.54) is 38.5 Å². The Morgan fingerprint density at radius 1 is 0.821 bits per heavy atom. The molecule has 0 aliphatic heterocycles. The van der Waals surface area contributed by atoms with Crippen LogP contribution in [0.1, 0.15) is 104 Å². The molecule has 10 heteroatoms. The Morgan fingerprint density at radius 2 is 1.36 bits per heavy atom. The van der Waals surface area contributed by atoms with Crippen LogP contribution in [0.4, 0.5) is 5.95 Å². The number of nitrogens with zero attached hydrogens (tertiary/aromatic N) is 5. The van der Waals surface area contributed by atoms with E-state index in [0.717, 1.165) is 38.5 Å². The summed E-state index contributed by atoms with van der Waals surface area (Å²) in [5.41, 5.74) is 1.28. The standard InChI is InChI=1S/C29H49N5O5/c1-5-7-9-11-13-15-17-26(35)37-20-24(21-38-27(36)18-16-14-12-10-8-6-2)39-23-34-22-31-25-19-30-29(33(3)4)32-28(25)34/h19,22,24H,5-18,20-21,23H2,1-4H3. The van der Waals surface area contributed by atoms with E-state index >= 15 is 0 Å². The van der Waals surface area contributed by atoms with Gasteiger partial charge in [0.25, 0.3) is 0 Å². The first-order valence-corrected chi connectivity index (χ1v) is 14.7. The second-order valence-electron chi connectivity index (χ2n) is 10.3. The Balaban J connectivity index is 1.87. The van der Waals surface area contributed by atoms with E-state index in [9.17, 15) is 9.59 Å². The third-order valence-corrected chi connectivity index (χ3v) is 6.52. The molecule has 0 spiro atoms. The molecular weight excluding hydrogens is 498 g/mol. The van der Waals surface area contributed by atoms with Gasteiger partial charge in [0.05, 0.1) is 12.5 Å². The van der Waals surface area contributed by atoms with Crippen LogP contribution >= 0.6 is 0 Å². The zero-order chi connectivity index (χ0) is 28.3. The number of fused-ring (bicyclic) bond motifs is 1. The quantitative estimate of drug-likeness (QED) is 0.133. The topological polar surface area (TPSA) is 109 Å². The summed E-state index contributed by atoms with van der Waals surface area (Å²) in [6, 6.07) is 0. The Hall–Kier alpha value is -2.75. The highest BCUT2D eigenvalue weighted by atomic mass is 16.6. The molecule has 2 heterocycles. The Morgan fingerprint density at radius 3 is 1.90 bits per heavy atom. The fourth-order valence-electron chi connectivity index (χ4n) is 4.10. The van der Waals surface area contributed by atoms with E-state index < -0.39 is 6.10 Å². The molecule has 39 heavy (non-hydrogen) atoms. The minimum atomic E-state index is -0.598. The fraction of sp³-hybridized carbons (Fsp3) is 0.759. The second-order valence-corrected chi connectivity index (χ2v) is 10.3. The largest absolute Gasteiger partial charge is 0.463 e. The zero-order valence-corrected chi connectivity index (χ0v) is 24.5. The van der Waals surface area contributed by atoms with Gasteiger partial charge in [-0.2, -0.15) is 4.98 Å². The van der Waals surface area contributed by atoms with E-state index in [2.05, 4.69) is 28.8 Å². The molecule has 0 fully saturated rings. The number of imidazole rings is 1. The van der Waals surface area contributed by atoms with Crippen LogP contribution in [0.2, 0.25) is 0 Å². The van der Waals surface area contributed by atoms with Gasteiger partial charge in [-0.15, -0.1) is 0 Å². The number of esters is 2. The first kappa shape index (κ1) is 32.5. The van der Waals surface area contributed by atoms with Crippen molar-refractivity contribution in [1.82, 2.24) is 19.5 Å². The minimum absolute atomic E-state index is 0.0174. The van der Waals surface area contributed by atoms with Gasteiger partial charge in [0, 0.05) is 26.9 Å². The molecule has 0 unspecified atom stereocenters. The summed E-state index contributed by atoms with van der Waals surface area (Å²) in [6.45, 7) is 4.53. The van der Waals surface area contributed by atoms with E-state index in [4.69, 9.17) is 14.2 Å². The summed E-state index contributed by atoms with van der Waals surface area (Å²) >= 11 is 0. The maximum absolute atomic E-state index is 12.3. The molecule has 0 amide bonds. The number of rotatable bonds is 22. The number of anilines is 1. The highest BCUT2D eigenvalue weighted by Crippen LogP contribution is 2.14. The van der Waals surface area contributed by atoms with Gasteiger partial charge in [-0.05, 0) is 12.8 Å². The lowest BCUT2D eigenvalue weighted by Crippen LogP contribution is -2.29. The lowest BCUT2D eigenvalue weighted by molar-refractivity contribution is -0.157. The number of carbonyl (C=O) groups excluding carboxylic acids is 2. The van der Waals surface area contributed by atoms with Crippen LogP contribution in [0.3, 0.4) is 0 Å². The fourth-order valence-corrected chi connectivity index (χ4v) is 4.10. The third kappa shape index (κ3) is 13.2. The lowest BCUT2D eigenvalue weighted by atomic mass is 10.1. The Bertz CT molecular complexity index is 933. The number of ether oxygens (including phenoxy) is 3. The lowest BCUT2D eigenvalue weighted by Gasteiger charge is -2.19. The highest BCUT2D eigenvalue weighted by molar-refractivity contribution is 5.71. The van der Waals surface area contributed by atoms with Gasteiger partial charge >= 0.3 is 11.9 Å². The van der Waals surface area contributed by atoms with Crippen LogP contribution in [0.5, 0.6) is 0 Å². The van der Waals surface area contributed by atoms with Gasteiger partial charge in [-0.1, -0.05) is 78.1 Å². The number of unbranched alkanes of at least 4 members (excludes halogenated alkanes) is 10. The molecule has 220 valence electrons. The number of hydrogen-bond donors (Lipinski definition) is 0. The molecule has 0 radical (unpaired) electrons. The molecule has 0 aliphatic rings. The van der Waals surface area contributed by atoms with Crippen LogP contribution in [0.15, 0.2) is 12.5 Å². The predicted molar refractivity (Wildman–Crippen MR) is 152 cm³/mol. The van der Waals surface area contributed by atoms with Crippen molar-refractivity contribution < 1.29 is 23.8 Å². The molecule has 2 rings (SSSR count). The van der Waals surface area contributed by atoms with Crippen molar-refractivity contribution >= 4 is 29.1 Å². The maximum atomic E-state index is 12.3. The van der Waals surface area contributed by atoms with Crippen molar-refractivity contribution in [3.63, 3.8) is 0 Å². The Labute approximate surface area is 233 Å². The SMILES string of the molecule is CCCCCCCCC(=O)OCC(COC(=O)CCCCCCCC)OCn1cnc2cnc(N(C)C)nc21. The molecule has 0 N–H and O–H groups in total. The average Bonchev–Trinajstić information content (AvgIpc) is 3.34. The molecule has 0 saturated carbocycles. The summed E-state index contributed by atoms with van der Waals surface area (Å²) in [4.78, 5) is 39.6. The van der Waals surface area contributed by atoms with Crippen molar-refractivity contribution in [2.75, 3.05) is 32.2 Å². The first-order valence-electron chi connectivity index (χ1n) is 14.7. The number of hydrogen-bond acceptors (Lipinski definition) is 9. The number of aromatic nitrogens is 4. The summed E-state index contributed by atoms with van der Waals surface area (Å²) in [5, 5.41) is 0. The van der Waals surface area contributed by atoms with Crippen molar-refractivity contribution in [2.24, 2.45) is 0 Å². The van der Waals surface area contributed by atoms with Crippen LogP contribution in [0, 0.1) is 0 Å². The number of carbonyl (C=O) groups is 2. The van der Waals surface area contributed by atoms with Crippen LogP contribution in [-0.2, 0) is 30.5 Å². The monoisotopic (exact) mass is 547 g/mol. The minimum Gasteiger partial charge on any atom is -0.463 e. The molecule has 0 bridgehead atoms. The normalized spacial score (nSPS) is 11.3. The molecular formula is C29H49N5O5. The van der Waals surface area contributed by atoms with Crippen LogP contribution in [0.25, 0.3) is 11.2 Å². The summed E-state index contributed by atoms with van der Waals surface area (Å²) in [7, 11) is 3.74. The summed E-state index contributed by atoms with van der Waals surface area (Å²) in [5.74, 6) is 0.0518. The Kier molecular flexibility index (Phi) is 16.1. The molecule has 2 aromatic rings. The summed E-state index contributed by atoms with van der Waals surface area (Å²) in [6.07, 6.45) is 16.7. The van der Waals surface area contributed by atoms with Crippen molar-refractivity contribution in [2.45, 2.75) is 117 Å². The summed E-state index contributed by atoms with van der Waals surface area (Å²) < 4.78 is 18.8. The third-order valence-electron chi connectivity index (χ3n) is 6.52. The molecule has 0 atom stereocenters.